The maximum atomic E-state index is 6.00. The molecule has 0 saturated carbocycles. The molecule has 0 radical (unpaired) electrons. The first-order chi connectivity index (χ1) is 9.47. The molecule has 1 aromatic carbocycles. The number of aromatic nitrogens is 1. The van der Waals surface area contributed by atoms with Crippen molar-refractivity contribution in [2.45, 2.75) is 39.8 Å². The van der Waals surface area contributed by atoms with Gasteiger partial charge < -0.3 is 5.32 Å². The molecule has 110 valence electrons. The molecule has 0 spiro atoms. The zero-order chi connectivity index (χ0) is 14.7. The van der Waals surface area contributed by atoms with Crippen LogP contribution in [0.1, 0.15) is 27.7 Å². The maximum Gasteiger partial charge on any atom is 0.183 e. The number of anilines is 1. The Hall–Kier alpha value is -0.840. The largest absolute Gasteiger partial charge is 0.360 e. The SMILES string of the molecule is CC(C)N(CCNc1nc2ccc(Cl)cc2s1)C(C)C. The zero-order valence-corrected chi connectivity index (χ0v) is 14.1. The molecule has 1 heterocycles. The van der Waals surface area contributed by atoms with Crippen molar-refractivity contribution in [3.8, 4) is 0 Å². The van der Waals surface area contributed by atoms with E-state index >= 15 is 0 Å². The van der Waals surface area contributed by atoms with Crippen LogP contribution in [0, 0.1) is 0 Å². The Bertz CT molecular complexity index is 557. The molecule has 0 aliphatic carbocycles. The lowest BCUT2D eigenvalue weighted by Crippen LogP contribution is -2.40. The van der Waals surface area contributed by atoms with Gasteiger partial charge in [0, 0.05) is 30.2 Å². The van der Waals surface area contributed by atoms with E-state index in [0.29, 0.717) is 12.1 Å². The Balaban J connectivity index is 1.95. The van der Waals surface area contributed by atoms with Crippen LogP contribution in [0.5, 0.6) is 0 Å². The molecule has 3 nitrogen and oxygen atoms in total. The fourth-order valence-electron chi connectivity index (χ4n) is 2.38. The van der Waals surface area contributed by atoms with Gasteiger partial charge in [-0.3, -0.25) is 4.90 Å². The van der Waals surface area contributed by atoms with Crippen LogP contribution >= 0.6 is 22.9 Å². The maximum absolute atomic E-state index is 6.00. The van der Waals surface area contributed by atoms with Crippen LogP contribution < -0.4 is 5.32 Å². The summed E-state index contributed by atoms with van der Waals surface area (Å²) in [5.74, 6) is 0. The molecule has 20 heavy (non-hydrogen) atoms. The molecule has 1 N–H and O–H groups in total. The van der Waals surface area contributed by atoms with Gasteiger partial charge in [0.25, 0.3) is 0 Å². The minimum Gasteiger partial charge on any atom is -0.360 e. The average molecular weight is 312 g/mol. The van der Waals surface area contributed by atoms with Gasteiger partial charge in [-0.2, -0.15) is 0 Å². The predicted octanol–water partition coefficient (Wildman–Crippen LogP) is 4.48. The van der Waals surface area contributed by atoms with Crippen molar-refractivity contribution in [1.82, 2.24) is 9.88 Å². The molecule has 0 fully saturated rings. The monoisotopic (exact) mass is 311 g/mol. The second-order valence-corrected chi connectivity index (χ2v) is 6.95. The van der Waals surface area contributed by atoms with Gasteiger partial charge in [-0.05, 0) is 45.9 Å². The highest BCUT2D eigenvalue weighted by atomic mass is 35.5. The Kier molecular flexibility index (Phi) is 5.24. The quantitative estimate of drug-likeness (QED) is 0.852. The average Bonchev–Trinajstić information content (AvgIpc) is 2.75. The highest BCUT2D eigenvalue weighted by Crippen LogP contribution is 2.28. The van der Waals surface area contributed by atoms with E-state index in [2.05, 4.69) is 42.9 Å². The lowest BCUT2D eigenvalue weighted by Gasteiger charge is -2.30. The van der Waals surface area contributed by atoms with Gasteiger partial charge in [-0.1, -0.05) is 22.9 Å². The summed E-state index contributed by atoms with van der Waals surface area (Å²) >= 11 is 7.65. The number of rotatable bonds is 6. The van der Waals surface area contributed by atoms with Gasteiger partial charge in [-0.15, -0.1) is 0 Å². The summed E-state index contributed by atoms with van der Waals surface area (Å²) < 4.78 is 1.13. The smallest absolute Gasteiger partial charge is 0.183 e. The molecular formula is C15H22ClN3S. The summed E-state index contributed by atoms with van der Waals surface area (Å²) in [5, 5.41) is 5.15. The van der Waals surface area contributed by atoms with Crippen LogP contribution in [0.15, 0.2) is 18.2 Å². The van der Waals surface area contributed by atoms with Crippen LogP contribution in [-0.4, -0.2) is 35.1 Å². The third-order valence-electron chi connectivity index (χ3n) is 3.32. The number of hydrogen-bond acceptors (Lipinski definition) is 4. The zero-order valence-electron chi connectivity index (χ0n) is 12.5. The number of halogens is 1. The van der Waals surface area contributed by atoms with E-state index in [1.54, 1.807) is 11.3 Å². The van der Waals surface area contributed by atoms with E-state index in [1.807, 2.05) is 18.2 Å². The van der Waals surface area contributed by atoms with Gasteiger partial charge in [0.2, 0.25) is 0 Å². The Morgan fingerprint density at radius 3 is 2.60 bits per heavy atom. The topological polar surface area (TPSA) is 28.2 Å². The highest BCUT2D eigenvalue weighted by molar-refractivity contribution is 7.22. The number of fused-ring (bicyclic) bond motifs is 1. The fourth-order valence-corrected chi connectivity index (χ4v) is 3.55. The number of benzene rings is 1. The second kappa shape index (κ2) is 6.74. The Morgan fingerprint density at radius 1 is 1.25 bits per heavy atom. The molecule has 0 aliphatic heterocycles. The molecule has 5 heteroatoms. The summed E-state index contributed by atoms with van der Waals surface area (Å²) in [5.41, 5.74) is 1.01. The van der Waals surface area contributed by atoms with Crippen molar-refractivity contribution in [3.05, 3.63) is 23.2 Å². The summed E-state index contributed by atoms with van der Waals surface area (Å²) in [7, 11) is 0. The first-order valence-corrected chi connectivity index (χ1v) is 8.22. The summed E-state index contributed by atoms with van der Waals surface area (Å²) in [6, 6.07) is 6.94. The second-order valence-electron chi connectivity index (χ2n) is 5.48. The molecule has 0 unspecified atom stereocenters. The Labute approximate surface area is 130 Å². The van der Waals surface area contributed by atoms with Crippen LogP contribution in [0.25, 0.3) is 10.2 Å². The van der Waals surface area contributed by atoms with E-state index < -0.39 is 0 Å². The van der Waals surface area contributed by atoms with E-state index in [4.69, 9.17) is 11.6 Å². The van der Waals surface area contributed by atoms with Gasteiger partial charge in [0.05, 0.1) is 10.2 Å². The number of hydrogen-bond donors (Lipinski definition) is 1. The molecule has 1 aromatic heterocycles. The van der Waals surface area contributed by atoms with E-state index in [-0.39, 0.29) is 0 Å². The fraction of sp³-hybridized carbons (Fsp3) is 0.533. The van der Waals surface area contributed by atoms with E-state index in [1.165, 1.54) is 0 Å². The molecule has 2 rings (SSSR count). The minimum atomic E-state index is 0.561. The summed E-state index contributed by atoms with van der Waals surface area (Å²) in [6.07, 6.45) is 0. The molecule has 0 saturated heterocycles. The molecule has 0 amide bonds. The molecule has 0 aliphatic rings. The highest BCUT2D eigenvalue weighted by Gasteiger charge is 2.12. The number of nitrogens with one attached hydrogen (secondary N) is 1. The first kappa shape index (κ1) is 15.5. The number of nitrogens with zero attached hydrogens (tertiary/aromatic N) is 2. The van der Waals surface area contributed by atoms with Gasteiger partial charge >= 0.3 is 0 Å². The van der Waals surface area contributed by atoms with Gasteiger partial charge in [0.15, 0.2) is 5.13 Å². The van der Waals surface area contributed by atoms with Crippen LogP contribution in [0.3, 0.4) is 0 Å². The summed E-state index contributed by atoms with van der Waals surface area (Å²) in [6.45, 7) is 10.9. The lowest BCUT2D eigenvalue weighted by atomic mass is 10.2. The third-order valence-corrected chi connectivity index (χ3v) is 4.53. The molecule has 2 aromatic rings. The van der Waals surface area contributed by atoms with Crippen molar-refractivity contribution < 1.29 is 0 Å². The molecule has 0 atom stereocenters. The van der Waals surface area contributed by atoms with Crippen molar-refractivity contribution in [2.24, 2.45) is 0 Å². The predicted molar refractivity (Wildman–Crippen MR) is 90.1 cm³/mol. The third kappa shape index (κ3) is 3.84. The van der Waals surface area contributed by atoms with Crippen LogP contribution in [0.2, 0.25) is 5.02 Å². The standard InChI is InChI=1S/C15H22ClN3S/c1-10(2)19(11(3)4)8-7-17-15-18-13-6-5-12(16)9-14(13)20-15/h5-6,9-11H,7-8H2,1-4H3,(H,17,18). The Morgan fingerprint density at radius 2 is 1.95 bits per heavy atom. The van der Waals surface area contributed by atoms with Crippen LogP contribution in [0.4, 0.5) is 5.13 Å². The summed E-state index contributed by atoms with van der Waals surface area (Å²) in [4.78, 5) is 7.04. The van der Waals surface area contributed by atoms with E-state index in [9.17, 15) is 0 Å². The molecular weight excluding hydrogens is 290 g/mol. The van der Waals surface area contributed by atoms with Gasteiger partial charge in [-0.25, -0.2) is 4.98 Å². The first-order valence-electron chi connectivity index (χ1n) is 7.03. The van der Waals surface area contributed by atoms with Crippen molar-refractivity contribution in [2.75, 3.05) is 18.4 Å². The van der Waals surface area contributed by atoms with Crippen molar-refractivity contribution in [1.29, 1.82) is 0 Å². The molecule has 0 bridgehead atoms. The normalized spacial score (nSPS) is 12.0. The number of thiazole rings is 1. The minimum absolute atomic E-state index is 0.561. The van der Waals surface area contributed by atoms with Crippen molar-refractivity contribution in [3.63, 3.8) is 0 Å². The van der Waals surface area contributed by atoms with E-state index in [0.717, 1.165) is 33.5 Å². The van der Waals surface area contributed by atoms with Gasteiger partial charge in [0.1, 0.15) is 0 Å². The van der Waals surface area contributed by atoms with Crippen LogP contribution in [-0.2, 0) is 0 Å². The lowest BCUT2D eigenvalue weighted by molar-refractivity contribution is 0.182. The van der Waals surface area contributed by atoms with Crippen molar-refractivity contribution >= 4 is 38.3 Å².